The summed E-state index contributed by atoms with van der Waals surface area (Å²) in [6.07, 6.45) is 11.4. The maximum atomic E-state index is 11.2. The van der Waals surface area contributed by atoms with E-state index in [1.54, 1.807) is 0 Å². The minimum absolute atomic E-state index is 0.699. The molecule has 0 atom stereocenters. The largest absolute Gasteiger partial charge is 0.399 e. The highest BCUT2D eigenvalue weighted by Gasteiger charge is 2.19. The lowest BCUT2D eigenvalue weighted by atomic mass is 9.96. The average molecular weight is 494 g/mol. The van der Waals surface area contributed by atoms with Gasteiger partial charge in [-0.1, -0.05) is 115 Å². The molecule has 2 heteroatoms. The average Bonchev–Trinajstić information content (AvgIpc) is 3.65. The van der Waals surface area contributed by atoms with Crippen LogP contribution in [-0.4, -0.2) is 6.29 Å². The second-order valence-corrected chi connectivity index (χ2v) is 9.63. The molecule has 0 unspecified atom stereocenters. The quantitative estimate of drug-likeness (QED) is 0.155. The van der Waals surface area contributed by atoms with Gasteiger partial charge in [0, 0.05) is 11.3 Å². The molecule has 2 nitrogen and oxygen atoms in total. The van der Waals surface area contributed by atoms with Crippen molar-refractivity contribution >= 4 is 22.7 Å². The summed E-state index contributed by atoms with van der Waals surface area (Å²) in [6, 6.07) is 40.3. The number of carbonyl (C=O) groups is 1. The molecule has 0 heterocycles. The second-order valence-electron chi connectivity index (χ2n) is 9.63. The Morgan fingerprint density at radius 3 is 1.50 bits per heavy atom. The Morgan fingerprint density at radius 1 is 0.526 bits per heavy atom. The van der Waals surface area contributed by atoms with E-state index < -0.39 is 0 Å². The Balaban J connectivity index is 0.000000135. The third kappa shape index (κ3) is 6.35. The van der Waals surface area contributed by atoms with Gasteiger partial charge < -0.3 is 5.73 Å². The van der Waals surface area contributed by atoms with E-state index in [0.717, 1.165) is 46.1 Å². The monoisotopic (exact) mass is 493 g/mol. The van der Waals surface area contributed by atoms with Crippen LogP contribution in [0.25, 0.3) is 33.0 Å². The summed E-state index contributed by atoms with van der Waals surface area (Å²) >= 11 is 0. The van der Waals surface area contributed by atoms with Gasteiger partial charge in [0.1, 0.15) is 6.29 Å². The van der Waals surface area contributed by atoms with Crippen molar-refractivity contribution in [2.45, 2.75) is 6.42 Å². The first-order valence-corrected chi connectivity index (χ1v) is 13.0. The minimum Gasteiger partial charge on any atom is -0.399 e. The minimum atomic E-state index is 0.699. The van der Waals surface area contributed by atoms with E-state index in [1.165, 1.54) is 17.2 Å². The maximum Gasteiger partial charge on any atom is 0.150 e. The number of allylic oxidation sites excluding steroid dienone is 4. The fourth-order valence-electron chi connectivity index (χ4n) is 4.85. The SMILES string of the molecule is C1=CC2C=CC1C2.Nc1ccc2ccccc2c1.O=Cc1cc(-c2ccccc2)cc(-c2ccccc2)c1. The number of benzene rings is 5. The lowest BCUT2D eigenvalue weighted by molar-refractivity contribution is 0.112. The van der Waals surface area contributed by atoms with E-state index in [2.05, 4.69) is 66.8 Å². The van der Waals surface area contributed by atoms with E-state index in [1.807, 2.05) is 78.9 Å². The first-order chi connectivity index (χ1) is 18.7. The molecular weight excluding hydrogens is 462 g/mol. The van der Waals surface area contributed by atoms with E-state index in [4.69, 9.17) is 5.73 Å². The zero-order chi connectivity index (χ0) is 26.2. The molecule has 2 N–H and O–H groups in total. The van der Waals surface area contributed by atoms with Crippen molar-refractivity contribution in [3.8, 4) is 22.3 Å². The van der Waals surface area contributed by atoms with Crippen LogP contribution < -0.4 is 5.73 Å². The lowest BCUT2D eigenvalue weighted by Crippen LogP contribution is -1.87. The molecule has 2 aliphatic rings. The maximum absolute atomic E-state index is 11.2. The van der Waals surface area contributed by atoms with Crippen molar-refractivity contribution in [3.05, 3.63) is 151 Å². The van der Waals surface area contributed by atoms with Crippen LogP contribution in [0.15, 0.2) is 146 Å². The summed E-state index contributed by atoms with van der Waals surface area (Å²) in [5.41, 5.74) is 11.5. The predicted molar refractivity (Wildman–Crippen MR) is 161 cm³/mol. The molecule has 186 valence electrons. The van der Waals surface area contributed by atoms with Crippen molar-refractivity contribution < 1.29 is 4.79 Å². The number of carbonyl (C=O) groups excluding carboxylic acids is 1. The van der Waals surface area contributed by atoms with Crippen LogP contribution in [0.5, 0.6) is 0 Å². The van der Waals surface area contributed by atoms with E-state index >= 15 is 0 Å². The van der Waals surface area contributed by atoms with E-state index in [0.29, 0.717) is 5.56 Å². The van der Waals surface area contributed by atoms with Gasteiger partial charge in [-0.3, -0.25) is 4.79 Å². The molecule has 0 radical (unpaired) electrons. The number of hydrogen-bond donors (Lipinski definition) is 1. The van der Waals surface area contributed by atoms with Crippen LogP contribution >= 0.6 is 0 Å². The van der Waals surface area contributed by atoms with Crippen LogP contribution in [0.4, 0.5) is 5.69 Å². The summed E-state index contributed by atoms with van der Waals surface area (Å²) in [5, 5.41) is 2.44. The number of nitrogens with two attached hydrogens (primary N) is 1. The summed E-state index contributed by atoms with van der Waals surface area (Å²) in [6.45, 7) is 0. The molecule has 0 spiro atoms. The molecule has 0 aliphatic heterocycles. The van der Waals surface area contributed by atoms with E-state index in [9.17, 15) is 4.79 Å². The Labute approximate surface area is 224 Å². The van der Waals surface area contributed by atoms with Gasteiger partial charge in [0.2, 0.25) is 0 Å². The molecule has 7 rings (SSSR count). The first-order valence-electron chi connectivity index (χ1n) is 13.0. The smallest absolute Gasteiger partial charge is 0.150 e. The number of fused-ring (bicyclic) bond motifs is 3. The summed E-state index contributed by atoms with van der Waals surface area (Å²) in [7, 11) is 0. The third-order valence-corrected chi connectivity index (χ3v) is 6.83. The standard InChI is InChI=1S/C19H14O.C10H9N.C7H8/c20-14-15-11-18(16-7-3-1-4-8-16)13-19(12-15)17-9-5-2-6-10-17;11-10-6-5-8-3-1-2-4-9(8)7-10;1-2-7-4-3-6(1)5-7/h1-14H;1-7H,11H2;1-4,6-7H,5H2. The molecule has 5 aromatic carbocycles. The zero-order valence-electron chi connectivity index (χ0n) is 21.3. The Bertz CT molecular complexity index is 1480. The second kappa shape index (κ2) is 12.0. The van der Waals surface area contributed by atoms with Crippen molar-refractivity contribution in [1.82, 2.24) is 0 Å². The van der Waals surface area contributed by atoms with Crippen molar-refractivity contribution in [3.63, 3.8) is 0 Å². The molecule has 38 heavy (non-hydrogen) atoms. The number of aldehydes is 1. The number of anilines is 1. The molecule has 0 fully saturated rings. The molecule has 5 aromatic rings. The van der Waals surface area contributed by atoms with Crippen LogP contribution in [0.2, 0.25) is 0 Å². The van der Waals surface area contributed by atoms with Crippen LogP contribution in [0, 0.1) is 11.8 Å². The van der Waals surface area contributed by atoms with Gasteiger partial charge in [-0.2, -0.15) is 0 Å². The summed E-state index contributed by atoms with van der Waals surface area (Å²) < 4.78 is 0. The highest BCUT2D eigenvalue weighted by molar-refractivity contribution is 5.85. The van der Waals surface area contributed by atoms with Crippen LogP contribution in [0.3, 0.4) is 0 Å². The van der Waals surface area contributed by atoms with Gasteiger partial charge >= 0.3 is 0 Å². The highest BCUT2D eigenvalue weighted by atomic mass is 16.1. The number of nitrogen functional groups attached to an aromatic ring is 1. The van der Waals surface area contributed by atoms with Gasteiger partial charge in [0.05, 0.1) is 0 Å². The van der Waals surface area contributed by atoms with Gasteiger partial charge in [0.15, 0.2) is 0 Å². The lowest BCUT2D eigenvalue weighted by Gasteiger charge is -2.08. The molecule has 0 saturated carbocycles. The van der Waals surface area contributed by atoms with Gasteiger partial charge in [-0.25, -0.2) is 0 Å². The van der Waals surface area contributed by atoms with Crippen molar-refractivity contribution in [2.24, 2.45) is 11.8 Å². The Kier molecular flexibility index (Phi) is 7.91. The van der Waals surface area contributed by atoms with Gasteiger partial charge in [-0.15, -0.1) is 0 Å². The van der Waals surface area contributed by atoms with Crippen LogP contribution in [-0.2, 0) is 0 Å². The molecule has 2 aliphatic carbocycles. The molecule has 0 saturated heterocycles. The Morgan fingerprint density at radius 2 is 1.03 bits per heavy atom. The number of rotatable bonds is 3. The first kappa shape index (κ1) is 25.0. The fourth-order valence-corrected chi connectivity index (χ4v) is 4.85. The molecule has 0 aromatic heterocycles. The fraction of sp³-hybridized carbons (Fsp3) is 0.0833. The number of hydrogen-bond acceptors (Lipinski definition) is 2. The van der Waals surface area contributed by atoms with Crippen molar-refractivity contribution in [1.29, 1.82) is 0 Å². The topological polar surface area (TPSA) is 43.1 Å². The van der Waals surface area contributed by atoms with Gasteiger partial charge in [-0.05, 0) is 81.6 Å². The third-order valence-electron chi connectivity index (χ3n) is 6.83. The van der Waals surface area contributed by atoms with E-state index in [-0.39, 0.29) is 0 Å². The highest BCUT2D eigenvalue weighted by Crippen LogP contribution is 2.31. The summed E-state index contributed by atoms with van der Waals surface area (Å²) in [5.74, 6) is 1.62. The predicted octanol–water partition coefficient (Wildman–Crippen LogP) is 9.00. The Hall–Kier alpha value is -4.69. The summed E-state index contributed by atoms with van der Waals surface area (Å²) in [4.78, 5) is 11.2. The molecular formula is C36H31NO. The van der Waals surface area contributed by atoms with Crippen molar-refractivity contribution in [2.75, 3.05) is 5.73 Å². The molecule has 2 bridgehead atoms. The zero-order valence-corrected chi connectivity index (χ0v) is 21.3. The van der Waals surface area contributed by atoms with Crippen LogP contribution in [0.1, 0.15) is 16.8 Å². The molecule has 0 amide bonds. The van der Waals surface area contributed by atoms with Gasteiger partial charge in [0.25, 0.3) is 0 Å². The normalized spacial score (nSPS) is 16.3.